The summed E-state index contributed by atoms with van der Waals surface area (Å²) < 4.78 is 5.52. The Morgan fingerprint density at radius 1 is 1.50 bits per heavy atom. The van der Waals surface area contributed by atoms with Crippen LogP contribution in [0.4, 0.5) is 0 Å². The zero-order valence-electron chi connectivity index (χ0n) is 11.8. The molecule has 1 saturated heterocycles. The number of ether oxygens (including phenoxy) is 1. The van der Waals surface area contributed by atoms with Crippen LogP contribution in [0.2, 0.25) is 0 Å². The number of amides is 1. The average Bonchev–Trinajstić information content (AvgIpc) is 2.49. The number of hydrogen-bond donors (Lipinski definition) is 3. The fourth-order valence-corrected chi connectivity index (χ4v) is 2.33. The summed E-state index contributed by atoms with van der Waals surface area (Å²) in [6.45, 7) is 3.83. The minimum absolute atomic E-state index is 0.0949. The predicted molar refractivity (Wildman–Crippen MR) is 76.2 cm³/mol. The van der Waals surface area contributed by atoms with Gasteiger partial charge >= 0.3 is 0 Å². The molecule has 0 saturated carbocycles. The highest BCUT2D eigenvalue weighted by atomic mass is 16.5. The molecule has 1 aliphatic heterocycles. The molecule has 5 nitrogen and oxygen atoms in total. The number of aliphatic hydroxyl groups is 1. The minimum atomic E-state index is -0.763. The molecule has 1 aliphatic rings. The summed E-state index contributed by atoms with van der Waals surface area (Å²) in [6, 6.07) is 9.49. The Bertz CT molecular complexity index is 432. The third-order valence-corrected chi connectivity index (χ3v) is 3.56. The number of hydrogen-bond acceptors (Lipinski definition) is 4. The molecule has 1 amide bonds. The molecule has 2 atom stereocenters. The summed E-state index contributed by atoms with van der Waals surface area (Å²) >= 11 is 0. The van der Waals surface area contributed by atoms with Crippen LogP contribution in [0, 0.1) is 0 Å². The maximum atomic E-state index is 12.1. The Hall–Kier alpha value is -1.43. The third-order valence-electron chi connectivity index (χ3n) is 3.56. The smallest absolute Gasteiger partial charge is 0.223 e. The first-order valence-electron chi connectivity index (χ1n) is 6.94. The molecule has 2 unspecified atom stereocenters. The van der Waals surface area contributed by atoms with Gasteiger partial charge in [0.05, 0.1) is 31.3 Å². The van der Waals surface area contributed by atoms with Crippen LogP contribution >= 0.6 is 0 Å². The molecular weight excluding hydrogens is 256 g/mol. The van der Waals surface area contributed by atoms with Crippen LogP contribution in [0.15, 0.2) is 30.3 Å². The van der Waals surface area contributed by atoms with Gasteiger partial charge in [-0.3, -0.25) is 4.79 Å². The maximum Gasteiger partial charge on any atom is 0.223 e. The largest absolute Gasteiger partial charge is 0.394 e. The molecule has 1 aromatic rings. The molecule has 1 aromatic carbocycles. The maximum absolute atomic E-state index is 12.1. The van der Waals surface area contributed by atoms with Gasteiger partial charge in [0.2, 0.25) is 5.91 Å². The van der Waals surface area contributed by atoms with Crippen molar-refractivity contribution in [3.8, 4) is 0 Å². The Balaban J connectivity index is 1.96. The molecule has 0 aliphatic carbocycles. The first-order valence-corrected chi connectivity index (χ1v) is 6.94. The average molecular weight is 278 g/mol. The zero-order valence-corrected chi connectivity index (χ0v) is 11.8. The van der Waals surface area contributed by atoms with Crippen molar-refractivity contribution in [3.63, 3.8) is 0 Å². The van der Waals surface area contributed by atoms with E-state index < -0.39 is 5.54 Å². The highest BCUT2D eigenvalue weighted by Gasteiger charge is 2.29. The van der Waals surface area contributed by atoms with Gasteiger partial charge in [0.15, 0.2) is 0 Å². The van der Waals surface area contributed by atoms with Gasteiger partial charge in [-0.2, -0.15) is 0 Å². The Labute approximate surface area is 119 Å². The number of nitrogens with one attached hydrogen (secondary N) is 2. The SMILES string of the molecule is CC(CO)(NC(=O)CC1CNCCO1)c1ccccc1. The number of aliphatic hydroxyl groups excluding tert-OH is 1. The van der Waals surface area contributed by atoms with Crippen LogP contribution in [0.25, 0.3) is 0 Å². The lowest BCUT2D eigenvalue weighted by molar-refractivity contribution is -0.127. The van der Waals surface area contributed by atoms with Crippen molar-refractivity contribution >= 4 is 5.91 Å². The molecule has 1 heterocycles. The predicted octanol–water partition coefficient (Wildman–Crippen LogP) is 0.389. The summed E-state index contributed by atoms with van der Waals surface area (Å²) in [7, 11) is 0. The van der Waals surface area contributed by atoms with E-state index >= 15 is 0 Å². The lowest BCUT2D eigenvalue weighted by Crippen LogP contribution is -2.48. The lowest BCUT2D eigenvalue weighted by Gasteiger charge is -2.31. The molecular formula is C15H22N2O3. The van der Waals surface area contributed by atoms with Gasteiger partial charge in [-0.1, -0.05) is 30.3 Å². The van der Waals surface area contributed by atoms with Gasteiger partial charge in [-0.15, -0.1) is 0 Å². The second kappa shape index (κ2) is 6.83. The van der Waals surface area contributed by atoms with Gasteiger partial charge in [0.1, 0.15) is 0 Å². The Morgan fingerprint density at radius 3 is 2.85 bits per heavy atom. The van der Waals surface area contributed by atoms with Gasteiger partial charge in [0.25, 0.3) is 0 Å². The summed E-state index contributed by atoms with van der Waals surface area (Å²) in [5.41, 5.74) is 0.124. The van der Waals surface area contributed by atoms with Crippen LogP contribution in [-0.4, -0.2) is 43.4 Å². The fourth-order valence-electron chi connectivity index (χ4n) is 2.33. The van der Waals surface area contributed by atoms with Crippen LogP contribution < -0.4 is 10.6 Å². The molecule has 20 heavy (non-hydrogen) atoms. The van der Waals surface area contributed by atoms with Crippen molar-refractivity contribution in [1.82, 2.24) is 10.6 Å². The van der Waals surface area contributed by atoms with Gasteiger partial charge in [-0.05, 0) is 12.5 Å². The summed E-state index contributed by atoms with van der Waals surface area (Å²) in [6.07, 6.45) is 0.206. The highest BCUT2D eigenvalue weighted by molar-refractivity contribution is 5.77. The highest BCUT2D eigenvalue weighted by Crippen LogP contribution is 2.20. The van der Waals surface area contributed by atoms with Crippen molar-refractivity contribution in [1.29, 1.82) is 0 Å². The fraction of sp³-hybridized carbons (Fsp3) is 0.533. The Morgan fingerprint density at radius 2 is 2.25 bits per heavy atom. The standard InChI is InChI=1S/C15H22N2O3/c1-15(11-18,12-5-3-2-4-6-12)17-14(19)9-13-10-16-7-8-20-13/h2-6,13,16,18H,7-11H2,1H3,(H,17,19). The second-order valence-corrected chi connectivity index (χ2v) is 5.31. The first-order chi connectivity index (χ1) is 9.64. The topological polar surface area (TPSA) is 70.6 Å². The molecule has 2 rings (SSSR count). The molecule has 0 bridgehead atoms. The van der Waals surface area contributed by atoms with Crippen LogP contribution in [-0.2, 0) is 15.1 Å². The lowest BCUT2D eigenvalue weighted by atomic mass is 9.92. The number of morpholine rings is 1. The van der Waals surface area contributed by atoms with Crippen molar-refractivity contribution in [2.24, 2.45) is 0 Å². The normalized spacial score (nSPS) is 22.0. The molecule has 110 valence electrons. The van der Waals surface area contributed by atoms with Gasteiger partial charge in [-0.25, -0.2) is 0 Å². The summed E-state index contributed by atoms with van der Waals surface area (Å²) in [5, 5.41) is 15.7. The van der Waals surface area contributed by atoms with E-state index in [4.69, 9.17) is 4.74 Å². The van der Waals surface area contributed by atoms with E-state index in [0.717, 1.165) is 12.1 Å². The van der Waals surface area contributed by atoms with E-state index in [-0.39, 0.29) is 18.6 Å². The van der Waals surface area contributed by atoms with Crippen LogP contribution in [0.3, 0.4) is 0 Å². The first kappa shape index (κ1) is 15.0. The second-order valence-electron chi connectivity index (χ2n) is 5.31. The van der Waals surface area contributed by atoms with Crippen LogP contribution in [0.1, 0.15) is 18.9 Å². The van der Waals surface area contributed by atoms with E-state index in [1.165, 1.54) is 0 Å². The third kappa shape index (κ3) is 3.79. The van der Waals surface area contributed by atoms with Crippen molar-refractivity contribution in [2.45, 2.75) is 25.0 Å². The molecule has 3 N–H and O–H groups in total. The van der Waals surface area contributed by atoms with Crippen molar-refractivity contribution in [3.05, 3.63) is 35.9 Å². The summed E-state index contributed by atoms with van der Waals surface area (Å²) in [5.74, 6) is -0.112. The minimum Gasteiger partial charge on any atom is -0.394 e. The van der Waals surface area contributed by atoms with E-state index in [2.05, 4.69) is 10.6 Å². The van der Waals surface area contributed by atoms with E-state index in [1.54, 1.807) is 0 Å². The van der Waals surface area contributed by atoms with Crippen LogP contribution in [0.5, 0.6) is 0 Å². The number of rotatable bonds is 5. The molecule has 1 fully saturated rings. The van der Waals surface area contributed by atoms with E-state index in [0.29, 0.717) is 19.6 Å². The van der Waals surface area contributed by atoms with E-state index in [9.17, 15) is 9.90 Å². The monoisotopic (exact) mass is 278 g/mol. The molecule has 0 spiro atoms. The van der Waals surface area contributed by atoms with Crippen molar-refractivity contribution in [2.75, 3.05) is 26.3 Å². The Kier molecular flexibility index (Phi) is 5.11. The molecule has 0 aromatic heterocycles. The van der Waals surface area contributed by atoms with E-state index in [1.807, 2.05) is 37.3 Å². The zero-order chi connectivity index (χ0) is 14.4. The molecule has 5 heteroatoms. The number of carbonyl (C=O) groups excluding carboxylic acids is 1. The number of carbonyl (C=O) groups is 1. The summed E-state index contributed by atoms with van der Waals surface area (Å²) in [4.78, 5) is 12.1. The quantitative estimate of drug-likeness (QED) is 0.728. The van der Waals surface area contributed by atoms with Crippen molar-refractivity contribution < 1.29 is 14.6 Å². The van der Waals surface area contributed by atoms with Gasteiger partial charge < -0.3 is 20.5 Å². The number of benzene rings is 1. The molecule has 0 radical (unpaired) electrons. The van der Waals surface area contributed by atoms with Gasteiger partial charge in [0, 0.05) is 13.1 Å².